The van der Waals surface area contributed by atoms with Crippen molar-refractivity contribution in [2.24, 2.45) is 0 Å². The van der Waals surface area contributed by atoms with E-state index in [4.69, 9.17) is 0 Å². The second kappa shape index (κ2) is 17.7. The number of aromatic nitrogens is 4. The average molecular weight is 604 g/mol. The molecule has 3 aromatic heterocycles. The lowest BCUT2D eigenvalue weighted by atomic mass is 10.1. The average Bonchev–Trinajstić information content (AvgIpc) is 3.51. The Morgan fingerprint density at radius 1 is 0.818 bits per heavy atom. The summed E-state index contributed by atoms with van der Waals surface area (Å²) in [6.45, 7) is 9.64. The molecule has 44 heavy (non-hydrogen) atoms. The summed E-state index contributed by atoms with van der Waals surface area (Å²) in [7, 11) is 0. The Kier molecular flexibility index (Phi) is 14.1. The van der Waals surface area contributed by atoms with Gasteiger partial charge in [-0.05, 0) is 49.4 Å². The van der Waals surface area contributed by atoms with Crippen LogP contribution in [0.25, 0.3) is 16.9 Å². The number of nitrogens with zero attached hydrogens (tertiary/aromatic N) is 4. The second-order valence-electron chi connectivity index (χ2n) is 8.92. The Labute approximate surface area is 255 Å². The van der Waals surface area contributed by atoms with E-state index in [0.29, 0.717) is 11.1 Å². The quantitative estimate of drug-likeness (QED) is 0.203. The number of ketones is 1. The number of halogens is 3. The monoisotopic (exact) mass is 603 g/mol. The summed E-state index contributed by atoms with van der Waals surface area (Å²) in [4.78, 5) is 31.9. The van der Waals surface area contributed by atoms with Gasteiger partial charge in [0, 0.05) is 29.1 Å². The Morgan fingerprint density at radius 2 is 1.43 bits per heavy atom. The van der Waals surface area contributed by atoms with Crippen molar-refractivity contribution in [1.82, 2.24) is 19.7 Å². The number of pyridine rings is 2. The molecule has 3 heterocycles. The molecule has 0 radical (unpaired) electrons. The lowest BCUT2D eigenvalue weighted by molar-refractivity contribution is -0.142. The van der Waals surface area contributed by atoms with Crippen LogP contribution in [0, 0.1) is 0 Å². The van der Waals surface area contributed by atoms with Crippen molar-refractivity contribution >= 4 is 17.5 Å². The molecule has 1 amide bonds. The number of carbonyl (C=O) groups excluding carboxylic acids is 2. The first kappa shape index (κ1) is 35.1. The molecule has 0 aliphatic heterocycles. The van der Waals surface area contributed by atoms with Gasteiger partial charge >= 0.3 is 6.18 Å². The summed E-state index contributed by atoms with van der Waals surface area (Å²) in [5.41, 5.74) is 0.273. The van der Waals surface area contributed by atoms with E-state index in [1.165, 1.54) is 56.2 Å². The highest BCUT2D eigenvalue weighted by Gasteiger charge is 2.36. The third-order valence-corrected chi connectivity index (χ3v) is 5.39. The molecule has 0 unspecified atom stereocenters. The SMILES string of the molecule is CC.CC(=O)c1cccc(C(=O)Nc2ccc(-n3nc(-c4cccnc4)cc3C(F)(F)F)cn2)c1.CCC.c1ccccc1. The molecule has 0 atom stereocenters. The maximum absolute atomic E-state index is 13.6. The van der Waals surface area contributed by atoms with Crippen LogP contribution in [-0.4, -0.2) is 31.4 Å². The molecule has 0 saturated carbocycles. The number of alkyl halides is 3. The van der Waals surface area contributed by atoms with Crippen LogP contribution in [0.3, 0.4) is 0 Å². The number of hydrogen-bond donors (Lipinski definition) is 1. The number of rotatable bonds is 5. The van der Waals surface area contributed by atoms with Gasteiger partial charge in [0.15, 0.2) is 5.78 Å². The molecule has 0 aliphatic rings. The zero-order valence-electron chi connectivity index (χ0n) is 25.3. The maximum atomic E-state index is 13.6. The molecule has 2 aromatic carbocycles. The summed E-state index contributed by atoms with van der Waals surface area (Å²) in [6.07, 6.45) is 0.711. The summed E-state index contributed by atoms with van der Waals surface area (Å²) in [5, 5.41) is 6.64. The van der Waals surface area contributed by atoms with E-state index in [1.807, 2.05) is 50.2 Å². The standard InChI is InChI=1S/C23H16F3N5O2.C6H6.C3H8.C2H6/c1-14(32)15-4-2-5-16(10-15)22(33)29-21-8-7-18(13-28-21)31-20(23(24,25)26)11-19(30-31)17-6-3-9-27-12-17;1-2-4-6-5-3-1;1-3-2;1-2/h2-13H,1H3,(H,28,29,33);1-6H;3H2,1-2H3;1-2H3. The lowest BCUT2D eigenvalue weighted by Crippen LogP contribution is -2.15. The minimum atomic E-state index is -4.65. The van der Waals surface area contributed by atoms with E-state index >= 15 is 0 Å². The number of carbonyl (C=O) groups is 2. The van der Waals surface area contributed by atoms with Crippen molar-refractivity contribution in [2.75, 3.05) is 5.32 Å². The largest absolute Gasteiger partial charge is 0.433 e. The fourth-order valence-electron chi connectivity index (χ4n) is 3.47. The molecular formula is C34H36F3N5O2. The highest BCUT2D eigenvalue weighted by atomic mass is 19.4. The first-order chi connectivity index (χ1) is 21.1. The van der Waals surface area contributed by atoms with Gasteiger partial charge in [0.2, 0.25) is 0 Å². The number of anilines is 1. The van der Waals surface area contributed by atoms with Gasteiger partial charge < -0.3 is 5.32 Å². The summed E-state index contributed by atoms with van der Waals surface area (Å²) < 4.78 is 41.6. The molecular weight excluding hydrogens is 567 g/mol. The Hall–Kier alpha value is -5.12. The molecule has 5 aromatic rings. The molecule has 0 fully saturated rings. The third kappa shape index (κ3) is 10.6. The van der Waals surface area contributed by atoms with Crippen LogP contribution < -0.4 is 5.32 Å². The van der Waals surface area contributed by atoms with Crippen molar-refractivity contribution in [2.45, 2.75) is 47.2 Å². The Balaban J connectivity index is 0.000000525. The molecule has 5 rings (SSSR count). The van der Waals surface area contributed by atoms with Gasteiger partial charge in [-0.15, -0.1) is 0 Å². The highest BCUT2D eigenvalue weighted by molar-refractivity contribution is 6.05. The van der Waals surface area contributed by atoms with Crippen LogP contribution in [0.4, 0.5) is 19.0 Å². The Bertz CT molecular complexity index is 1540. The predicted molar refractivity (Wildman–Crippen MR) is 168 cm³/mol. The number of benzene rings is 2. The van der Waals surface area contributed by atoms with Crippen molar-refractivity contribution in [3.8, 4) is 16.9 Å². The fraction of sp³-hybridized carbons (Fsp3) is 0.206. The summed E-state index contributed by atoms with van der Waals surface area (Å²) in [6, 6.07) is 25.0. The number of Topliss-reactive ketones (excluding diaryl/α,β-unsaturated/α-hetero) is 1. The van der Waals surface area contributed by atoms with Gasteiger partial charge in [-0.1, -0.05) is 82.6 Å². The predicted octanol–water partition coefficient (Wildman–Crippen LogP) is 8.93. The zero-order valence-corrected chi connectivity index (χ0v) is 25.3. The first-order valence-electron chi connectivity index (χ1n) is 14.1. The molecule has 0 bridgehead atoms. The van der Waals surface area contributed by atoms with Gasteiger partial charge in [0.05, 0.1) is 17.6 Å². The topological polar surface area (TPSA) is 89.8 Å². The summed E-state index contributed by atoms with van der Waals surface area (Å²) in [5.74, 6) is -0.560. The fourth-order valence-corrected chi connectivity index (χ4v) is 3.47. The molecule has 0 saturated heterocycles. The highest BCUT2D eigenvalue weighted by Crippen LogP contribution is 2.34. The van der Waals surface area contributed by atoms with E-state index in [9.17, 15) is 22.8 Å². The third-order valence-electron chi connectivity index (χ3n) is 5.39. The minimum Gasteiger partial charge on any atom is -0.307 e. The zero-order chi connectivity index (χ0) is 32.5. The van der Waals surface area contributed by atoms with Crippen LogP contribution in [0.1, 0.15) is 67.4 Å². The van der Waals surface area contributed by atoms with Gasteiger partial charge in [0.1, 0.15) is 11.5 Å². The Morgan fingerprint density at radius 3 is 1.93 bits per heavy atom. The maximum Gasteiger partial charge on any atom is 0.433 e. The van der Waals surface area contributed by atoms with Crippen molar-refractivity contribution < 1.29 is 22.8 Å². The number of nitrogens with one attached hydrogen (secondary N) is 1. The van der Waals surface area contributed by atoms with Crippen LogP contribution in [-0.2, 0) is 6.18 Å². The van der Waals surface area contributed by atoms with Gasteiger partial charge in [0.25, 0.3) is 5.91 Å². The van der Waals surface area contributed by atoms with Crippen LogP contribution >= 0.6 is 0 Å². The molecule has 10 heteroatoms. The normalized spacial score (nSPS) is 10.1. The molecule has 230 valence electrons. The van der Waals surface area contributed by atoms with E-state index in [1.54, 1.807) is 24.3 Å². The number of amides is 1. The second-order valence-corrected chi connectivity index (χ2v) is 8.92. The molecule has 0 aliphatic carbocycles. The van der Waals surface area contributed by atoms with Gasteiger partial charge in [-0.3, -0.25) is 14.6 Å². The van der Waals surface area contributed by atoms with E-state index in [2.05, 4.69) is 34.2 Å². The van der Waals surface area contributed by atoms with Crippen molar-refractivity contribution in [3.05, 3.63) is 126 Å². The smallest absolute Gasteiger partial charge is 0.307 e. The molecule has 0 spiro atoms. The molecule has 7 nitrogen and oxygen atoms in total. The minimum absolute atomic E-state index is 0.0639. The lowest BCUT2D eigenvalue weighted by Gasteiger charge is -2.11. The van der Waals surface area contributed by atoms with Crippen molar-refractivity contribution in [3.63, 3.8) is 0 Å². The summed E-state index contributed by atoms with van der Waals surface area (Å²) >= 11 is 0. The van der Waals surface area contributed by atoms with Crippen LogP contribution in [0.15, 0.2) is 110 Å². The van der Waals surface area contributed by atoms with Gasteiger partial charge in [-0.25, -0.2) is 9.67 Å². The van der Waals surface area contributed by atoms with Gasteiger partial charge in [-0.2, -0.15) is 18.3 Å². The van der Waals surface area contributed by atoms with Crippen LogP contribution in [0.5, 0.6) is 0 Å². The number of hydrogen-bond acceptors (Lipinski definition) is 5. The van der Waals surface area contributed by atoms with Crippen LogP contribution in [0.2, 0.25) is 0 Å². The van der Waals surface area contributed by atoms with E-state index in [0.717, 1.165) is 10.7 Å². The van der Waals surface area contributed by atoms with E-state index in [-0.39, 0.29) is 28.5 Å². The molecule has 1 N–H and O–H groups in total. The first-order valence-corrected chi connectivity index (χ1v) is 14.1. The van der Waals surface area contributed by atoms with E-state index < -0.39 is 17.8 Å². The van der Waals surface area contributed by atoms with Crippen molar-refractivity contribution in [1.29, 1.82) is 0 Å².